The number of halogens is 3. The van der Waals surface area contributed by atoms with Gasteiger partial charge in [0, 0.05) is 29.3 Å². The molecular formula is C28H23F3N4O4. The minimum atomic E-state index is -4.83. The SMILES string of the molecule is O=C(Nc1ccc(O)c(-c2cc(C3CC3)n(C(=O)NCc3ccccc3)n2)c1)c1ccc(OC(F)(F)F)cc1. The second-order valence-electron chi connectivity index (χ2n) is 9.04. The summed E-state index contributed by atoms with van der Waals surface area (Å²) in [6.07, 6.45) is -2.99. The van der Waals surface area contributed by atoms with E-state index in [2.05, 4.69) is 20.5 Å². The molecule has 200 valence electrons. The summed E-state index contributed by atoms with van der Waals surface area (Å²) in [6.45, 7) is 0.328. The predicted octanol–water partition coefficient (Wildman–Crippen LogP) is 6.04. The van der Waals surface area contributed by atoms with Crippen molar-refractivity contribution in [1.82, 2.24) is 15.1 Å². The second-order valence-corrected chi connectivity index (χ2v) is 9.04. The number of carbonyl (C=O) groups excluding carboxylic acids is 2. The molecule has 1 saturated carbocycles. The van der Waals surface area contributed by atoms with Crippen LogP contribution in [0.15, 0.2) is 78.9 Å². The highest BCUT2D eigenvalue weighted by Gasteiger charge is 2.32. The first-order valence-electron chi connectivity index (χ1n) is 12.1. The monoisotopic (exact) mass is 536 g/mol. The van der Waals surface area contributed by atoms with Gasteiger partial charge < -0.3 is 20.5 Å². The Hall–Kier alpha value is -4.80. The molecule has 0 radical (unpaired) electrons. The van der Waals surface area contributed by atoms with Gasteiger partial charge in [-0.2, -0.15) is 9.78 Å². The fourth-order valence-corrected chi connectivity index (χ4v) is 4.04. The molecule has 5 rings (SSSR count). The highest BCUT2D eigenvalue weighted by Crippen LogP contribution is 2.42. The van der Waals surface area contributed by atoms with Crippen molar-refractivity contribution in [3.63, 3.8) is 0 Å². The first-order chi connectivity index (χ1) is 18.7. The molecule has 3 N–H and O–H groups in total. The third-order valence-electron chi connectivity index (χ3n) is 6.09. The third kappa shape index (κ3) is 6.38. The van der Waals surface area contributed by atoms with Crippen LogP contribution in [0.4, 0.5) is 23.7 Å². The molecule has 0 atom stereocenters. The summed E-state index contributed by atoms with van der Waals surface area (Å²) in [5.41, 5.74) is 2.75. The summed E-state index contributed by atoms with van der Waals surface area (Å²) in [6, 6.07) is 19.7. The van der Waals surface area contributed by atoms with Crippen molar-refractivity contribution < 1.29 is 32.6 Å². The van der Waals surface area contributed by atoms with Gasteiger partial charge in [0.05, 0.1) is 11.4 Å². The number of aromatic hydroxyl groups is 1. The summed E-state index contributed by atoms with van der Waals surface area (Å²) < 4.78 is 42.3. The number of amides is 2. The number of phenolic OH excluding ortho intramolecular Hbond substituents is 1. The van der Waals surface area contributed by atoms with E-state index in [0.29, 0.717) is 23.5 Å². The number of anilines is 1. The van der Waals surface area contributed by atoms with E-state index in [0.717, 1.165) is 36.2 Å². The lowest BCUT2D eigenvalue weighted by molar-refractivity contribution is -0.274. The molecule has 3 aromatic carbocycles. The predicted molar refractivity (Wildman–Crippen MR) is 136 cm³/mol. The van der Waals surface area contributed by atoms with Gasteiger partial charge in [0.1, 0.15) is 11.5 Å². The first-order valence-corrected chi connectivity index (χ1v) is 12.1. The molecule has 1 heterocycles. The number of hydrogen-bond acceptors (Lipinski definition) is 5. The number of aromatic nitrogens is 2. The Kier molecular flexibility index (Phi) is 6.97. The number of benzene rings is 3. The molecule has 8 nitrogen and oxygen atoms in total. The van der Waals surface area contributed by atoms with Crippen molar-refractivity contribution in [3.05, 3.63) is 95.7 Å². The van der Waals surface area contributed by atoms with Gasteiger partial charge >= 0.3 is 12.4 Å². The van der Waals surface area contributed by atoms with Crippen LogP contribution in [0.25, 0.3) is 11.3 Å². The van der Waals surface area contributed by atoms with Crippen molar-refractivity contribution >= 4 is 17.6 Å². The van der Waals surface area contributed by atoms with E-state index in [9.17, 15) is 27.9 Å². The maximum atomic E-state index is 13.0. The maximum absolute atomic E-state index is 13.0. The van der Waals surface area contributed by atoms with Crippen molar-refractivity contribution in [3.8, 4) is 22.8 Å². The van der Waals surface area contributed by atoms with Crippen LogP contribution in [0, 0.1) is 0 Å². The quantitative estimate of drug-likeness (QED) is 0.250. The minimum absolute atomic E-state index is 0.0988. The van der Waals surface area contributed by atoms with Gasteiger partial charge in [0.2, 0.25) is 0 Å². The maximum Gasteiger partial charge on any atom is 0.573 e. The molecular weight excluding hydrogens is 513 g/mol. The Labute approximate surface area is 221 Å². The summed E-state index contributed by atoms with van der Waals surface area (Å²) >= 11 is 0. The molecule has 0 spiro atoms. The van der Waals surface area contributed by atoms with Crippen LogP contribution in [0.3, 0.4) is 0 Å². The molecule has 0 saturated heterocycles. The molecule has 0 unspecified atom stereocenters. The van der Waals surface area contributed by atoms with Gasteiger partial charge in [0.25, 0.3) is 5.91 Å². The normalized spacial score (nSPS) is 13.1. The van der Waals surface area contributed by atoms with E-state index >= 15 is 0 Å². The molecule has 1 fully saturated rings. The lowest BCUT2D eigenvalue weighted by Gasteiger charge is -2.10. The molecule has 1 aliphatic carbocycles. The number of hydrogen-bond donors (Lipinski definition) is 3. The van der Waals surface area contributed by atoms with E-state index in [1.165, 1.54) is 35.0 Å². The van der Waals surface area contributed by atoms with Gasteiger partial charge in [-0.15, -0.1) is 13.2 Å². The zero-order chi connectivity index (χ0) is 27.6. The minimum Gasteiger partial charge on any atom is -0.507 e. The molecule has 1 aromatic heterocycles. The molecule has 0 aliphatic heterocycles. The Balaban J connectivity index is 1.33. The van der Waals surface area contributed by atoms with Gasteiger partial charge in [-0.05, 0) is 66.9 Å². The number of ether oxygens (including phenoxy) is 1. The van der Waals surface area contributed by atoms with Crippen LogP contribution in [-0.2, 0) is 6.54 Å². The summed E-state index contributed by atoms with van der Waals surface area (Å²) in [5, 5.41) is 20.5. The largest absolute Gasteiger partial charge is 0.573 e. The van der Waals surface area contributed by atoms with Crippen molar-refractivity contribution in [1.29, 1.82) is 0 Å². The molecule has 39 heavy (non-hydrogen) atoms. The Morgan fingerprint density at radius 3 is 2.38 bits per heavy atom. The van der Waals surface area contributed by atoms with Crippen LogP contribution in [0.1, 0.15) is 40.4 Å². The number of nitrogens with one attached hydrogen (secondary N) is 2. The van der Waals surface area contributed by atoms with Crippen molar-refractivity contribution in [2.75, 3.05) is 5.32 Å². The van der Waals surface area contributed by atoms with Crippen LogP contribution in [0.5, 0.6) is 11.5 Å². The zero-order valence-electron chi connectivity index (χ0n) is 20.4. The Bertz CT molecular complexity index is 1500. The van der Waals surface area contributed by atoms with Crippen LogP contribution < -0.4 is 15.4 Å². The first kappa shape index (κ1) is 25.8. The smallest absolute Gasteiger partial charge is 0.507 e. The number of alkyl halides is 3. The lowest BCUT2D eigenvalue weighted by Crippen LogP contribution is -2.30. The molecule has 1 aliphatic rings. The van der Waals surface area contributed by atoms with Gasteiger partial charge in [0.15, 0.2) is 0 Å². The summed E-state index contributed by atoms with van der Waals surface area (Å²) in [5.74, 6) is -0.933. The van der Waals surface area contributed by atoms with E-state index in [-0.39, 0.29) is 17.2 Å². The van der Waals surface area contributed by atoms with E-state index < -0.39 is 24.1 Å². The number of nitrogens with zero attached hydrogens (tertiary/aromatic N) is 2. The average Bonchev–Trinajstić information content (AvgIpc) is 3.66. The summed E-state index contributed by atoms with van der Waals surface area (Å²) in [4.78, 5) is 25.6. The second kappa shape index (κ2) is 10.5. The Morgan fingerprint density at radius 2 is 1.72 bits per heavy atom. The number of rotatable bonds is 7. The van der Waals surface area contributed by atoms with E-state index in [4.69, 9.17) is 0 Å². The van der Waals surface area contributed by atoms with E-state index in [1.807, 2.05) is 30.3 Å². The molecule has 11 heteroatoms. The van der Waals surface area contributed by atoms with Crippen molar-refractivity contribution in [2.24, 2.45) is 0 Å². The highest BCUT2D eigenvalue weighted by molar-refractivity contribution is 6.04. The lowest BCUT2D eigenvalue weighted by atomic mass is 10.1. The van der Waals surface area contributed by atoms with E-state index in [1.54, 1.807) is 6.07 Å². The molecule has 2 amide bonds. The standard InChI is InChI=1S/C28H23F3N4O4/c29-28(30,31)39-21-11-8-19(9-12-21)26(37)33-20-10-13-25(36)22(14-20)23-15-24(18-6-7-18)35(34-23)27(38)32-16-17-4-2-1-3-5-17/h1-5,8-15,18,36H,6-7,16H2,(H,32,38)(H,33,37). The zero-order valence-corrected chi connectivity index (χ0v) is 20.4. The highest BCUT2D eigenvalue weighted by atomic mass is 19.4. The van der Waals surface area contributed by atoms with Crippen LogP contribution in [-0.4, -0.2) is 33.2 Å². The average molecular weight is 537 g/mol. The van der Waals surface area contributed by atoms with Gasteiger partial charge in [-0.25, -0.2) is 4.79 Å². The molecule has 0 bridgehead atoms. The van der Waals surface area contributed by atoms with Crippen LogP contribution >= 0.6 is 0 Å². The Morgan fingerprint density at radius 1 is 1.00 bits per heavy atom. The fraction of sp³-hybridized carbons (Fsp3) is 0.179. The van der Waals surface area contributed by atoms with Crippen molar-refractivity contribution in [2.45, 2.75) is 31.7 Å². The molecule has 4 aromatic rings. The summed E-state index contributed by atoms with van der Waals surface area (Å²) in [7, 11) is 0. The van der Waals surface area contributed by atoms with Gasteiger partial charge in [-0.3, -0.25) is 4.79 Å². The number of carbonyl (C=O) groups is 2. The topological polar surface area (TPSA) is 105 Å². The third-order valence-corrected chi connectivity index (χ3v) is 6.09. The number of phenols is 1. The fourth-order valence-electron chi connectivity index (χ4n) is 4.04. The van der Waals surface area contributed by atoms with Crippen LogP contribution in [0.2, 0.25) is 0 Å². The van der Waals surface area contributed by atoms with Gasteiger partial charge in [-0.1, -0.05) is 30.3 Å².